The number of nitrogens with zero attached hydrogens (tertiary/aromatic N) is 1. The minimum atomic E-state index is -1.06. The number of ether oxygens (including phenoxy) is 1. The summed E-state index contributed by atoms with van der Waals surface area (Å²) in [7, 11) is 0. The van der Waals surface area contributed by atoms with E-state index in [2.05, 4.69) is 0 Å². The monoisotopic (exact) mass is 271 g/mol. The first-order valence-corrected chi connectivity index (χ1v) is 6.62. The number of hydrogen-bond acceptors (Lipinski definition) is 5. The summed E-state index contributed by atoms with van der Waals surface area (Å²) in [6, 6.07) is 3.31. The van der Waals surface area contributed by atoms with Gasteiger partial charge in [0.05, 0.1) is 13.2 Å². The van der Waals surface area contributed by atoms with Crippen molar-refractivity contribution >= 4 is 23.6 Å². The van der Waals surface area contributed by atoms with Gasteiger partial charge in [0, 0.05) is 6.54 Å². The third kappa shape index (κ3) is 2.68. The fraction of sp³-hybridized carbons (Fsp3) is 0.455. The molecule has 0 bridgehead atoms. The summed E-state index contributed by atoms with van der Waals surface area (Å²) in [6.07, 6.45) is 0.889. The van der Waals surface area contributed by atoms with Crippen molar-refractivity contribution in [1.82, 2.24) is 4.90 Å². The van der Waals surface area contributed by atoms with Crippen molar-refractivity contribution in [1.29, 1.82) is 0 Å². The molecule has 7 heteroatoms. The summed E-state index contributed by atoms with van der Waals surface area (Å²) in [5.74, 6) is -1.13. The van der Waals surface area contributed by atoms with Crippen LogP contribution >= 0.6 is 11.8 Å². The number of rotatable bonds is 3. The number of thioether (sulfide) groups is 1. The standard InChI is InChI=1S/C11H13NO5S/c1-18-9-3-2-7(17-9)10(13)12-4-5-16-8(6-12)11(14)15/h2-3,8H,4-6H2,1H3,(H,14,15). The Kier molecular flexibility index (Phi) is 3.93. The minimum Gasteiger partial charge on any atom is -0.479 e. The Labute approximate surface area is 108 Å². The SMILES string of the molecule is CSc1ccc(C(=O)N2CCOC(C(=O)O)C2)o1. The Morgan fingerprint density at radius 1 is 1.50 bits per heavy atom. The number of carbonyl (C=O) groups excluding carboxylic acids is 1. The van der Waals surface area contributed by atoms with Gasteiger partial charge in [-0.25, -0.2) is 4.79 Å². The predicted molar refractivity (Wildman–Crippen MR) is 63.8 cm³/mol. The molecule has 1 amide bonds. The van der Waals surface area contributed by atoms with Gasteiger partial charge in [-0.2, -0.15) is 0 Å². The van der Waals surface area contributed by atoms with E-state index in [0.717, 1.165) is 0 Å². The Hall–Kier alpha value is -1.47. The van der Waals surface area contributed by atoms with Gasteiger partial charge in [0.25, 0.3) is 5.91 Å². The first kappa shape index (κ1) is 13.0. The van der Waals surface area contributed by atoms with E-state index >= 15 is 0 Å². The summed E-state index contributed by atoms with van der Waals surface area (Å²) in [4.78, 5) is 24.3. The van der Waals surface area contributed by atoms with Gasteiger partial charge < -0.3 is 19.2 Å². The number of aliphatic carboxylic acids is 1. The van der Waals surface area contributed by atoms with Crippen LogP contribution in [0.25, 0.3) is 0 Å². The van der Waals surface area contributed by atoms with Crippen LogP contribution in [0.2, 0.25) is 0 Å². The number of morpholine rings is 1. The quantitative estimate of drug-likeness (QED) is 0.824. The molecule has 98 valence electrons. The van der Waals surface area contributed by atoms with E-state index in [0.29, 0.717) is 11.6 Å². The van der Waals surface area contributed by atoms with Crippen molar-refractivity contribution in [3.8, 4) is 0 Å². The van der Waals surface area contributed by atoms with E-state index in [1.807, 2.05) is 6.26 Å². The van der Waals surface area contributed by atoms with E-state index in [1.165, 1.54) is 16.7 Å². The van der Waals surface area contributed by atoms with Crippen molar-refractivity contribution in [2.75, 3.05) is 26.0 Å². The van der Waals surface area contributed by atoms with Gasteiger partial charge in [-0.05, 0) is 18.4 Å². The molecule has 1 aliphatic rings. The number of carboxylic acids is 1. The van der Waals surface area contributed by atoms with Gasteiger partial charge >= 0.3 is 5.97 Å². The van der Waals surface area contributed by atoms with Crippen LogP contribution in [-0.4, -0.2) is 53.9 Å². The highest BCUT2D eigenvalue weighted by Crippen LogP contribution is 2.20. The van der Waals surface area contributed by atoms with Crippen molar-refractivity contribution in [3.05, 3.63) is 17.9 Å². The summed E-state index contributed by atoms with van der Waals surface area (Å²) in [5, 5.41) is 9.51. The zero-order valence-electron chi connectivity index (χ0n) is 9.79. The highest BCUT2D eigenvalue weighted by atomic mass is 32.2. The van der Waals surface area contributed by atoms with E-state index in [-0.39, 0.29) is 24.8 Å². The van der Waals surface area contributed by atoms with E-state index in [4.69, 9.17) is 14.3 Å². The normalized spacial score (nSPS) is 19.8. The molecular formula is C11H13NO5S. The molecule has 1 aromatic heterocycles. The first-order valence-electron chi connectivity index (χ1n) is 5.39. The van der Waals surface area contributed by atoms with Crippen LogP contribution in [0, 0.1) is 0 Å². The lowest BCUT2D eigenvalue weighted by Gasteiger charge is -2.30. The highest BCUT2D eigenvalue weighted by Gasteiger charge is 2.30. The van der Waals surface area contributed by atoms with Crippen molar-refractivity contribution in [2.24, 2.45) is 0 Å². The van der Waals surface area contributed by atoms with E-state index < -0.39 is 12.1 Å². The maximum absolute atomic E-state index is 12.1. The molecule has 18 heavy (non-hydrogen) atoms. The molecule has 0 aromatic carbocycles. The third-order valence-electron chi connectivity index (χ3n) is 2.62. The Bertz CT molecular complexity index is 458. The van der Waals surface area contributed by atoms with Crippen molar-refractivity contribution < 1.29 is 23.8 Å². The molecule has 2 rings (SSSR count). The predicted octanol–water partition coefficient (Wildman–Crippen LogP) is 0.927. The molecule has 2 heterocycles. The lowest BCUT2D eigenvalue weighted by Crippen LogP contribution is -2.48. The van der Waals surface area contributed by atoms with Crippen LogP contribution in [0.4, 0.5) is 0 Å². The molecule has 0 saturated carbocycles. The second-order valence-corrected chi connectivity index (χ2v) is 4.58. The van der Waals surface area contributed by atoms with Crippen LogP contribution in [0.15, 0.2) is 21.6 Å². The number of carbonyl (C=O) groups is 2. The summed E-state index contributed by atoms with van der Waals surface area (Å²) >= 11 is 1.40. The highest BCUT2D eigenvalue weighted by molar-refractivity contribution is 7.98. The molecular weight excluding hydrogens is 258 g/mol. The van der Waals surface area contributed by atoms with Gasteiger partial charge in [-0.15, -0.1) is 0 Å². The smallest absolute Gasteiger partial charge is 0.334 e. The van der Waals surface area contributed by atoms with Crippen LogP contribution in [0.1, 0.15) is 10.6 Å². The fourth-order valence-corrected chi connectivity index (χ4v) is 2.06. The molecule has 6 nitrogen and oxygen atoms in total. The van der Waals surface area contributed by atoms with Gasteiger partial charge in [0.1, 0.15) is 0 Å². The molecule has 0 aliphatic carbocycles. The molecule has 1 unspecified atom stereocenters. The Balaban J connectivity index is 2.06. The lowest BCUT2D eigenvalue weighted by molar-refractivity contribution is -0.154. The van der Waals surface area contributed by atoms with Crippen LogP contribution in [0.3, 0.4) is 0 Å². The number of amides is 1. The van der Waals surface area contributed by atoms with Crippen LogP contribution in [0.5, 0.6) is 0 Å². The lowest BCUT2D eigenvalue weighted by atomic mass is 10.2. The summed E-state index contributed by atoms with van der Waals surface area (Å²) in [6.45, 7) is 0.639. The van der Waals surface area contributed by atoms with E-state index in [1.54, 1.807) is 12.1 Å². The van der Waals surface area contributed by atoms with Gasteiger partial charge in [0.15, 0.2) is 17.0 Å². The number of furan rings is 1. The third-order valence-corrected chi connectivity index (χ3v) is 3.24. The van der Waals surface area contributed by atoms with Crippen LogP contribution < -0.4 is 0 Å². The summed E-state index contributed by atoms with van der Waals surface area (Å²) < 4.78 is 10.4. The fourth-order valence-electron chi connectivity index (χ4n) is 1.68. The molecule has 1 aromatic rings. The molecule has 1 aliphatic heterocycles. The zero-order valence-corrected chi connectivity index (χ0v) is 10.6. The molecule has 0 spiro atoms. The topological polar surface area (TPSA) is 80.0 Å². The molecule has 1 fully saturated rings. The summed E-state index contributed by atoms with van der Waals surface area (Å²) in [5.41, 5.74) is 0. The Morgan fingerprint density at radius 3 is 2.89 bits per heavy atom. The Morgan fingerprint density at radius 2 is 2.28 bits per heavy atom. The first-order chi connectivity index (χ1) is 8.61. The van der Waals surface area contributed by atoms with Gasteiger partial charge in [-0.3, -0.25) is 4.79 Å². The maximum Gasteiger partial charge on any atom is 0.334 e. The average molecular weight is 271 g/mol. The van der Waals surface area contributed by atoms with Crippen LogP contribution in [-0.2, 0) is 9.53 Å². The minimum absolute atomic E-state index is 0.0451. The average Bonchev–Trinajstić information content (AvgIpc) is 2.86. The molecule has 0 radical (unpaired) electrons. The largest absolute Gasteiger partial charge is 0.479 e. The molecule has 1 atom stereocenters. The van der Waals surface area contributed by atoms with E-state index in [9.17, 15) is 9.59 Å². The van der Waals surface area contributed by atoms with Crippen molar-refractivity contribution in [3.63, 3.8) is 0 Å². The van der Waals surface area contributed by atoms with Gasteiger partial charge in [-0.1, -0.05) is 11.8 Å². The van der Waals surface area contributed by atoms with Crippen molar-refractivity contribution in [2.45, 2.75) is 11.2 Å². The number of hydrogen-bond donors (Lipinski definition) is 1. The second-order valence-electron chi connectivity index (χ2n) is 3.77. The zero-order chi connectivity index (χ0) is 13.1. The van der Waals surface area contributed by atoms with Gasteiger partial charge in [0.2, 0.25) is 0 Å². The number of carboxylic acid groups (broad SMARTS) is 1. The second kappa shape index (κ2) is 5.45. The molecule has 1 saturated heterocycles. The maximum atomic E-state index is 12.1. The molecule has 1 N–H and O–H groups in total.